The van der Waals surface area contributed by atoms with Crippen molar-refractivity contribution in [3.63, 3.8) is 0 Å². The first-order valence-electron chi connectivity index (χ1n) is 6.83. The van der Waals surface area contributed by atoms with Crippen molar-refractivity contribution in [1.29, 1.82) is 0 Å². The van der Waals surface area contributed by atoms with Crippen LogP contribution >= 0.6 is 0 Å². The summed E-state index contributed by atoms with van der Waals surface area (Å²) in [6.07, 6.45) is 0.483. The van der Waals surface area contributed by atoms with Crippen LogP contribution in [0.3, 0.4) is 0 Å². The molecule has 1 aromatic carbocycles. The molecule has 3 rings (SSSR count). The number of pyridine rings is 2. The van der Waals surface area contributed by atoms with Crippen LogP contribution in [0.4, 0.5) is 24.5 Å². The second-order valence-electron chi connectivity index (χ2n) is 4.87. The number of hydrogen-bond donors (Lipinski definition) is 1. The lowest BCUT2D eigenvalue weighted by Crippen LogP contribution is -2.04. The summed E-state index contributed by atoms with van der Waals surface area (Å²) in [6.45, 7) is 0. The number of rotatable bonds is 3. The molecule has 23 heavy (non-hydrogen) atoms. The summed E-state index contributed by atoms with van der Waals surface area (Å²) in [5.41, 5.74) is 1.76. The van der Waals surface area contributed by atoms with Crippen LogP contribution in [0.5, 0.6) is 0 Å². The highest BCUT2D eigenvalue weighted by Gasteiger charge is 2.30. The molecular weight excluding hydrogens is 303 g/mol. The van der Waals surface area contributed by atoms with Gasteiger partial charge in [0.15, 0.2) is 0 Å². The molecule has 0 atom stereocenters. The Morgan fingerprint density at radius 2 is 1.57 bits per heavy atom. The number of nitrogens with zero attached hydrogens (tertiary/aromatic N) is 2. The van der Waals surface area contributed by atoms with Crippen LogP contribution in [0.1, 0.15) is 5.56 Å². The van der Waals surface area contributed by atoms with E-state index in [-0.39, 0.29) is 0 Å². The Hall–Kier alpha value is -2.89. The lowest BCUT2D eigenvalue weighted by Gasteiger charge is -2.10. The molecule has 6 heteroatoms. The van der Waals surface area contributed by atoms with E-state index < -0.39 is 11.7 Å². The van der Waals surface area contributed by atoms with Gasteiger partial charge in [0.2, 0.25) is 0 Å². The molecule has 0 unspecified atom stereocenters. The van der Waals surface area contributed by atoms with Crippen molar-refractivity contribution in [3.05, 3.63) is 72.7 Å². The zero-order valence-electron chi connectivity index (χ0n) is 11.9. The van der Waals surface area contributed by atoms with Gasteiger partial charge in [0.25, 0.3) is 0 Å². The molecule has 0 spiro atoms. The third-order valence-corrected chi connectivity index (χ3v) is 3.21. The van der Waals surface area contributed by atoms with Crippen molar-refractivity contribution in [2.75, 3.05) is 5.32 Å². The van der Waals surface area contributed by atoms with E-state index in [1.807, 2.05) is 0 Å². The molecule has 2 aromatic heterocycles. The third-order valence-electron chi connectivity index (χ3n) is 3.21. The SMILES string of the molecule is FC(F)(F)c1cccc(-c2cc(Nc3ccncc3)ccn2)c1. The second-order valence-corrected chi connectivity index (χ2v) is 4.87. The average Bonchev–Trinajstić information content (AvgIpc) is 2.55. The number of alkyl halides is 3. The van der Waals surface area contributed by atoms with Crippen molar-refractivity contribution >= 4 is 11.4 Å². The van der Waals surface area contributed by atoms with E-state index in [9.17, 15) is 13.2 Å². The Balaban J connectivity index is 1.91. The largest absolute Gasteiger partial charge is 0.416 e. The van der Waals surface area contributed by atoms with Crippen molar-refractivity contribution in [1.82, 2.24) is 9.97 Å². The molecule has 3 nitrogen and oxygen atoms in total. The lowest BCUT2D eigenvalue weighted by molar-refractivity contribution is -0.137. The summed E-state index contributed by atoms with van der Waals surface area (Å²) >= 11 is 0. The minimum atomic E-state index is -4.37. The quantitative estimate of drug-likeness (QED) is 0.746. The Morgan fingerprint density at radius 1 is 0.826 bits per heavy atom. The first-order valence-corrected chi connectivity index (χ1v) is 6.83. The smallest absolute Gasteiger partial charge is 0.355 e. The molecule has 0 aliphatic heterocycles. The minimum Gasteiger partial charge on any atom is -0.355 e. The first-order chi connectivity index (χ1) is 11.0. The van der Waals surface area contributed by atoms with Gasteiger partial charge in [0, 0.05) is 35.5 Å². The van der Waals surface area contributed by atoms with Crippen molar-refractivity contribution < 1.29 is 13.2 Å². The summed E-state index contributed by atoms with van der Waals surface area (Å²) in [7, 11) is 0. The molecule has 0 aliphatic carbocycles. The van der Waals surface area contributed by atoms with Crippen LogP contribution in [-0.2, 0) is 6.18 Å². The van der Waals surface area contributed by atoms with Gasteiger partial charge in [-0.2, -0.15) is 13.2 Å². The second kappa shape index (κ2) is 6.08. The zero-order valence-corrected chi connectivity index (χ0v) is 11.9. The van der Waals surface area contributed by atoms with E-state index in [1.165, 1.54) is 6.07 Å². The van der Waals surface area contributed by atoms with Gasteiger partial charge in [-0.25, -0.2) is 0 Å². The maximum atomic E-state index is 12.8. The number of halogens is 3. The number of nitrogens with one attached hydrogen (secondary N) is 1. The predicted molar refractivity (Wildman–Crippen MR) is 82.2 cm³/mol. The van der Waals surface area contributed by atoms with Crippen LogP contribution in [0.15, 0.2) is 67.1 Å². The molecule has 2 heterocycles. The van der Waals surface area contributed by atoms with Crippen molar-refractivity contribution in [3.8, 4) is 11.3 Å². The van der Waals surface area contributed by atoms with Crippen molar-refractivity contribution in [2.45, 2.75) is 6.18 Å². The van der Waals surface area contributed by atoms with E-state index in [2.05, 4.69) is 15.3 Å². The third kappa shape index (κ3) is 3.66. The van der Waals surface area contributed by atoms with Crippen LogP contribution in [-0.4, -0.2) is 9.97 Å². The molecule has 0 aliphatic rings. The van der Waals surface area contributed by atoms with Gasteiger partial charge in [-0.15, -0.1) is 0 Å². The summed E-state index contributed by atoms with van der Waals surface area (Å²) in [4.78, 5) is 8.08. The minimum absolute atomic E-state index is 0.415. The van der Waals surface area contributed by atoms with E-state index in [0.717, 1.165) is 23.5 Å². The van der Waals surface area contributed by atoms with Crippen LogP contribution in [0, 0.1) is 0 Å². The monoisotopic (exact) mass is 315 g/mol. The Kier molecular flexibility index (Phi) is 3.97. The van der Waals surface area contributed by atoms with Gasteiger partial charge in [-0.05, 0) is 36.4 Å². The summed E-state index contributed by atoms with van der Waals surface area (Å²) in [5, 5.41) is 3.16. The molecule has 3 aromatic rings. The fourth-order valence-corrected chi connectivity index (χ4v) is 2.12. The standard InChI is InChI=1S/C17H12F3N3/c18-17(19,20)13-3-1-2-12(10-13)16-11-15(6-9-22-16)23-14-4-7-21-8-5-14/h1-11H,(H,21,22,23). The highest BCUT2D eigenvalue weighted by molar-refractivity contribution is 5.68. The molecule has 1 N–H and O–H groups in total. The molecule has 0 saturated heterocycles. The molecule has 0 fully saturated rings. The van der Waals surface area contributed by atoms with E-state index in [4.69, 9.17) is 0 Å². The maximum absolute atomic E-state index is 12.8. The number of aromatic nitrogens is 2. The molecule has 0 radical (unpaired) electrons. The fraction of sp³-hybridized carbons (Fsp3) is 0.0588. The van der Waals surface area contributed by atoms with Gasteiger partial charge in [0.1, 0.15) is 0 Å². The first kappa shape index (κ1) is 15.0. The highest BCUT2D eigenvalue weighted by atomic mass is 19.4. The van der Waals surface area contributed by atoms with E-state index in [1.54, 1.807) is 48.9 Å². The Bertz CT molecular complexity index is 801. The number of anilines is 2. The van der Waals surface area contributed by atoms with Crippen LogP contribution in [0.2, 0.25) is 0 Å². The Morgan fingerprint density at radius 3 is 2.30 bits per heavy atom. The van der Waals surface area contributed by atoms with Gasteiger partial charge in [-0.3, -0.25) is 9.97 Å². The highest BCUT2D eigenvalue weighted by Crippen LogP contribution is 2.32. The maximum Gasteiger partial charge on any atom is 0.416 e. The topological polar surface area (TPSA) is 37.8 Å². The van der Waals surface area contributed by atoms with Crippen LogP contribution in [0.25, 0.3) is 11.3 Å². The van der Waals surface area contributed by atoms with E-state index >= 15 is 0 Å². The number of hydrogen-bond acceptors (Lipinski definition) is 3. The fourth-order valence-electron chi connectivity index (χ4n) is 2.12. The normalized spacial score (nSPS) is 11.3. The van der Waals surface area contributed by atoms with Gasteiger partial charge >= 0.3 is 6.18 Å². The zero-order chi connectivity index (χ0) is 16.3. The molecular formula is C17H12F3N3. The molecule has 0 bridgehead atoms. The summed E-state index contributed by atoms with van der Waals surface area (Å²) in [6, 6.07) is 12.2. The molecule has 0 amide bonds. The van der Waals surface area contributed by atoms with E-state index in [0.29, 0.717) is 11.3 Å². The Labute approximate surface area is 130 Å². The summed E-state index contributed by atoms with van der Waals surface area (Å²) < 4.78 is 38.4. The number of benzene rings is 1. The lowest BCUT2D eigenvalue weighted by atomic mass is 10.1. The predicted octanol–water partition coefficient (Wildman–Crippen LogP) is 4.91. The molecule has 116 valence electrons. The average molecular weight is 315 g/mol. The summed E-state index contributed by atoms with van der Waals surface area (Å²) in [5.74, 6) is 0. The van der Waals surface area contributed by atoms with Gasteiger partial charge in [0.05, 0.1) is 11.3 Å². The molecule has 0 saturated carbocycles. The van der Waals surface area contributed by atoms with Gasteiger partial charge in [-0.1, -0.05) is 12.1 Å². The van der Waals surface area contributed by atoms with Crippen molar-refractivity contribution in [2.24, 2.45) is 0 Å². The van der Waals surface area contributed by atoms with Crippen LogP contribution < -0.4 is 5.32 Å². The van der Waals surface area contributed by atoms with Gasteiger partial charge < -0.3 is 5.32 Å².